The number of anilines is 1. The van der Waals surface area contributed by atoms with Crippen molar-refractivity contribution in [2.75, 3.05) is 19.0 Å². The Hall–Kier alpha value is -3.61. The fourth-order valence-corrected chi connectivity index (χ4v) is 2.83. The SMILES string of the molecule is CCOc1ccc(C(=O)Nc2c(F)cccc2F)cc1COc1ccccc1OC. The van der Waals surface area contributed by atoms with Crippen LogP contribution in [-0.2, 0) is 6.61 Å². The number of rotatable bonds is 8. The number of benzene rings is 3. The van der Waals surface area contributed by atoms with Crippen molar-refractivity contribution in [1.82, 2.24) is 0 Å². The van der Waals surface area contributed by atoms with E-state index >= 15 is 0 Å². The second kappa shape index (κ2) is 9.73. The highest BCUT2D eigenvalue weighted by atomic mass is 19.1. The first kappa shape index (κ1) is 21.1. The Kier molecular flexibility index (Phi) is 6.85. The van der Waals surface area contributed by atoms with Gasteiger partial charge in [-0.05, 0) is 49.4 Å². The van der Waals surface area contributed by atoms with E-state index in [4.69, 9.17) is 14.2 Å². The lowest BCUT2D eigenvalue weighted by Crippen LogP contribution is -2.15. The molecule has 0 aliphatic heterocycles. The molecule has 1 N–H and O–H groups in total. The summed E-state index contributed by atoms with van der Waals surface area (Å²) in [7, 11) is 1.54. The van der Waals surface area contributed by atoms with Crippen LogP contribution >= 0.6 is 0 Å². The zero-order valence-electron chi connectivity index (χ0n) is 16.6. The third-order valence-electron chi connectivity index (χ3n) is 4.28. The lowest BCUT2D eigenvalue weighted by molar-refractivity contribution is 0.102. The summed E-state index contributed by atoms with van der Waals surface area (Å²) >= 11 is 0. The van der Waals surface area contributed by atoms with E-state index in [-0.39, 0.29) is 12.2 Å². The van der Waals surface area contributed by atoms with Gasteiger partial charge in [0.05, 0.1) is 13.7 Å². The van der Waals surface area contributed by atoms with E-state index in [2.05, 4.69) is 5.32 Å². The fourth-order valence-electron chi connectivity index (χ4n) is 2.83. The number of halogens is 2. The molecule has 0 aliphatic carbocycles. The van der Waals surface area contributed by atoms with Gasteiger partial charge in [-0.15, -0.1) is 0 Å². The quantitative estimate of drug-likeness (QED) is 0.551. The van der Waals surface area contributed by atoms with Crippen LogP contribution in [0.15, 0.2) is 60.7 Å². The monoisotopic (exact) mass is 413 g/mol. The molecule has 0 fully saturated rings. The Labute approximate surface area is 173 Å². The molecule has 156 valence electrons. The van der Waals surface area contributed by atoms with Gasteiger partial charge >= 0.3 is 0 Å². The smallest absolute Gasteiger partial charge is 0.255 e. The summed E-state index contributed by atoms with van der Waals surface area (Å²) in [5.41, 5.74) is 0.312. The minimum absolute atomic E-state index is 0.102. The number of carbonyl (C=O) groups excluding carboxylic acids is 1. The number of hydrogen-bond donors (Lipinski definition) is 1. The van der Waals surface area contributed by atoms with Crippen molar-refractivity contribution in [3.05, 3.63) is 83.4 Å². The standard InChI is InChI=1S/C23H21F2NO4/c1-3-29-19-12-11-15(23(27)26-22-17(24)7-6-8-18(22)25)13-16(19)14-30-21-10-5-4-9-20(21)28-2/h4-13H,3,14H2,1-2H3,(H,26,27). The van der Waals surface area contributed by atoms with Crippen molar-refractivity contribution < 1.29 is 27.8 Å². The Morgan fingerprint density at radius 1 is 0.900 bits per heavy atom. The van der Waals surface area contributed by atoms with Gasteiger partial charge < -0.3 is 19.5 Å². The number of hydrogen-bond acceptors (Lipinski definition) is 4. The zero-order chi connectivity index (χ0) is 21.5. The predicted octanol–water partition coefficient (Wildman–Crippen LogP) is 5.20. The van der Waals surface area contributed by atoms with E-state index < -0.39 is 23.2 Å². The number of ether oxygens (including phenoxy) is 3. The van der Waals surface area contributed by atoms with Crippen LogP contribution in [0.1, 0.15) is 22.8 Å². The van der Waals surface area contributed by atoms with Crippen molar-refractivity contribution in [3.8, 4) is 17.2 Å². The normalized spacial score (nSPS) is 10.4. The average molecular weight is 413 g/mol. The third-order valence-corrected chi connectivity index (χ3v) is 4.28. The largest absolute Gasteiger partial charge is 0.493 e. The molecule has 7 heteroatoms. The van der Waals surface area contributed by atoms with E-state index in [0.717, 1.165) is 12.1 Å². The van der Waals surface area contributed by atoms with Gasteiger partial charge in [0.15, 0.2) is 11.5 Å². The second-order valence-corrected chi connectivity index (χ2v) is 6.25. The number of nitrogens with one attached hydrogen (secondary N) is 1. The molecule has 3 aromatic carbocycles. The van der Waals surface area contributed by atoms with E-state index in [9.17, 15) is 13.6 Å². The van der Waals surface area contributed by atoms with Gasteiger partial charge in [-0.1, -0.05) is 18.2 Å². The van der Waals surface area contributed by atoms with E-state index in [1.807, 2.05) is 19.1 Å². The fraction of sp³-hybridized carbons (Fsp3) is 0.174. The summed E-state index contributed by atoms with van der Waals surface area (Å²) in [5.74, 6) is -0.713. The van der Waals surface area contributed by atoms with E-state index in [0.29, 0.717) is 29.4 Å². The van der Waals surface area contributed by atoms with Crippen molar-refractivity contribution >= 4 is 11.6 Å². The first-order valence-corrected chi connectivity index (χ1v) is 9.30. The Bertz CT molecular complexity index is 1020. The molecule has 3 aromatic rings. The molecule has 5 nitrogen and oxygen atoms in total. The number of para-hydroxylation sites is 3. The highest BCUT2D eigenvalue weighted by Gasteiger charge is 2.16. The van der Waals surface area contributed by atoms with Crippen LogP contribution in [0.4, 0.5) is 14.5 Å². The molecule has 0 bridgehead atoms. The Morgan fingerprint density at radius 3 is 2.27 bits per heavy atom. The molecule has 0 aromatic heterocycles. The molecule has 1 amide bonds. The van der Waals surface area contributed by atoms with E-state index in [1.54, 1.807) is 31.4 Å². The van der Waals surface area contributed by atoms with Gasteiger partial charge in [-0.3, -0.25) is 4.79 Å². The topological polar surface area (TPSA) is 56.8 Å². The lowest BCUT2D eigenvalue weighted by Gasteiger charge is -2.15. The predicted molar refractivity (Wildman–Crippen MR) is 109 cm³/mol. The maximum atomic E-state index is 13.8. The van der Waals surface area contributed by atoms with Crippen LogP contribution in [0.25, 0.3) is 0 Å². The van der Waals surface area contributed by atoms with Crippen molar-refractivity contribution in [3.63, 3.8) is 0 Å². The first-order valence-electron chi connectivity index (χ1n) is 9.30. The summed E-state index contributed by atoms with van der Waals surface area (Å²) in [6.45, 7) is 2.37. The Morgan fingerprint density at radius 2 is 1.60 bits per heavy atom. The molecule has 0 atom stereocenters. The van der Waals surface area contributed by atoms with Crippen molar-refractivity contribution in [2.45, 2.75) is 13.5 Å². The molecule has 3 rings (SSSR count). The molecular formula is C23H21F2NO4. The average Bonchev–Trinajstić information content (AvgIpc) is 2.76. The van der Waals surface area contributed by atoms with Gasteiger partial charge in [0, 0.05) is 11.1 Å². The third kappa shape index (κ3) is 4.86. The van der Waals surface area contributed by atoms with Gasteiger partial charge in [0.25, 0.3) is 5.91 Å². The van der Waals surface area contributed by atoms with Crippen LogP contribution in [0.2, 0.25) is 0 Å². The lowest BCUT2D eigenvalue weighted by atomic mass is 10.1. The van der Waals surface area contributed by atoms with Gasteiger partial charge in [0.1, 0.15) is 29.7 Å². The number of carbonyl (C=O) groups is 1. The van der Waals surface area contributed by atoms with Crippen LogP contribution in [0.3, 0.4) is 0 Å². The summed E-state index contributed by atoms with van der Waals surface area (Å²) in [5, 5.41) is 2.27. The summed E-state index contributed by atoms with van der Waals surface area (Å²) in [6.07, 6.45) is 0. The van der Waals surface area contributed by atoms with E-state index in [1.165, 1.54) is 12.1 Å². The minimum atomic E-state index is -0.853. The molecule has 30 heavy (non-hydrogen) atoms. The van der Waals surface area contributed by atoms with Crippen LogP contribution < -0.4 is 19.5 Å². The van der Waals surface area contributed by atoms with Gasteiger partial charge in [-0.2, -0.15) is 0 Å². The zero-order valence-corrected chi connectivity index (χ0v) is 16.6. The molecule has 0 saturated heterocycles. The van der Waals surface area contributed by atoms with Crippen molar-refractivity contribution in [2.24, 2.45) is 0 Å². The molecular weight excluding hydrogens is 392 g/mol. The maximum absolute atomic E-state index is 13.8. The highest BCUT2D eigenvalue weighted by Crippen LogP contribution is 2.29. The molecule has 0 unspecified atom stereocenters. The van der Waals surface area contributed by atoms with Crippen LogP contribution in [0.5, 0.6) is 17.2 Å². The van der Waals surface area contributed by atoms with Crippen LogP contribution in [0, 0.1) is 11.6 Å². The first-order chi connectivity index (χ1) is 14.5. The number of amides is 1. The minimum Gasteiger partial charge on any atom is -0.493 e. The van der Waals surface area contributed by atoms with Crippen LogP contribution in [-0.4, -0.2) is 19.6 Å². The summed E-state index contributed by atoms with van der Waals surface area (Å²) in [6, 6.07) is 15.2. The molecule has 0 radical (unpaired) electrons. The van der Waals surface area contributed by atoms with Gasteiger partial charge in [0.2, 0.25) is 0 Å². The Balaban J connectivity index is 1.84. The molecule has 0 saturated carbocycles. The summed E-state index contributed by atoms with van der Waals surface area (Å²) in [4.78, 5) is 12.6. The maximum Gasteiger partial charge on any atom is 0.255 e. The molecule has 0 heterocycles. The highest BCUT2D eigenvalue weighted by molar-refractivity contribution is 6.04. The molecule has 0 spiro atoms. The molecule has 0 aliphatic rings. The number of methoxy groups -OCH3 is 1. The summed E-state index contributed by atoms with van der Waals surface area (Å²) < 4.78 is 44.4. The van der Waals surface area contributed by atoms with Crippen molar-refractivity contribution in [1.29, 1.82) is 0 Å². The van der Waals surface area contributed by atoms with Gasteiger partial charge in [-0.25, -0.2) is 8.78 Å². The second-order valence-electron chi connectivity index (χ2n) is 6.25.